The zero-order valence-corrected chi connectivity index (χ0v) is 16.1. The van der Waals surface area contributed by atoms with Crippen LogP contribution in [0.15, 0.2) is 91.0 Å². The molecule has 0 aliphatic carbocycles. The molecule has 0 unspecified atom stereocenters. The number of hydrogen-bond donors (Lipinski definition) is 0. The van der Waals surface area contributed by atoms with Gasteiger partial charge in [-0.25, -0.2) is 0 Å². The third-order valence-corrected chi connectivity index (χ3v) is 11.0. The lowest BCUT2D eigenvalue weighted by molar-refractivity contribution is 0.629. The lowest BCUT2D eigenvalue weighted by atomic mass is 10.3. The van der Waals surface area contributed by atoms with E-state index in [1.165, 1.54) is 0 Å². The van der Waals surface area contributed by atoms with Crippen LogP contribution < -0.4 is 15.6 Å². The second-order valence-electron chi connectivity index (χ2n) is 5.16. The summed E-state index contributed by atoms with van der Waals surface area (Å²) in [5.74, 6) is 0. The second-order valence-corrected chi connectivity index (χ2v) is 12.8. The summed E-state index contributed by atoms with van der Waals surface area (Å²) >= 11 is -2.30. The summed E-state index contributed by atoms with van der Waals surface area (Å²) in [6.45, 7) is 0. The molecule has 0 atom stereocenters. The summed E-state index contributed by atoms with van der Waals surface area (Å²) in [5.41, 5.74) is 0. The van der Waals surface area contributed by atoms with E-state index in [1.807, 2.05) is 54.6 Å². The van der Waals surface area contributed by atoms with Crippen LogP contribution in [0.25, 0.3) is 0 Å². The van der Waals surface area contributed by atoms with Gasteiger partial charge < -0.3 is 3.48 Å². The van der Waals surface area contributed by atoms with Crippen molar-refractivity contribution >= 4 is 56.6 Å². The summed E-state index contributed by atoms with van der Waals surface area (Å²) in [4.78, 5) is 0. The maximum Gasteiger partial charge on any atom is 0.715 e. The van der Waals surface area contributed by atoms with Gasteiger partial charge in [0.15, 0.2) is 0 Å². The van der Waals surface area contributed by atoms with Gasteiger partial charge in [0.1, 0.15) is 0 Å². The van der Waals surface area contributed by atoms with Crippen LogP contribution in [0.3, 0.4) is 0 Å². The Kier molecular flexibility index (Phi) is 5.61. The number of rotatable bonds is 5. The Balaban J connectivity index is 2.30. The Morgan fingerprint density at radius 1 is 0.565 bits per heavy atom. The predicted octanol–water partition coefficient (Wildman–Crippen LogP) is 3.13. The third-order valence-electron chi connectivity index (χ3n) is 3.81. The first-order valence-corrected chi connectivity index (χ1v) is 13.2. The Morgan fingerprint density at radius 2 is 0.870 bits per heavy atom. The highest BCUT2D eigenvalue weighted by molar-refractivity contribution is 7.33. The number of benzene rings is 3. The van der Waals surface area contributed by atoms with Crippen molar-refractivity contribution in [1.82, 2.24) is 0 Å². The van der Waals surface area contributed by atoms with Crippen molar-refractivity contribution in [3.05, 3.63) is 91.0 Å². The van der Waals surface area contributed by atoms with Crippen molar-refractivity contribution in [3.63, 3.8) is 0 Å². The molecule has 0 saturated heterocycles. The maximum absolute atomic E-state index is 6.40. The van der Waals surface area contributed by atoms with Gasteiger partial charge in [0.05, 0.1) is 0 Å². The Hall–Kier alpha value is -1.05. The van der Waals surface area contributed by atoms with Gasteiger partial charge in [0.2, 0.25) is 0 Å². The largest absolute Gasteiger partial charge is 0.715 e. The van der Waals surface area contributed by atoms with E-state index < -0.39 is 21.0 Å². The van der Waals surface area contributed by atoms with Crippen molar-refractivity contribution < 1.29 is 3.48 Å². The molecule has 3 rings (SSSR count). The van der Waals surface area contributed by atoms with E-state index in [-0.39, 0.29) is 0 Å². The van der Waals surface area contributed by atoms with Gasteiger partial charge in [-0.15, -0.1) is 0 Å². The molecule has 0 heterocycles. The lowest BCUT2D eigenvalue weighted by Gasteiger charge is -2.34. The molecule has 0 saturated carbocycles. The molecular formula is C18H15AlCl2OSi. The first-order valence-electron chi connectivity index (χ1n) is 7.36. The van der Waals surface area contributed by atoms with Crippen molar-refractivity contribution in [2.24, 2.45) is 0 Å². The van der Waals surface area contributed by atoms with E-state index in [2.05, 4.69) is 36.4 Å². The van der Waals surface area contributed by atoms with Crippen molar-refractivity contribution in [2.45, 2.75) is 0 Å². The first-order chi connectivity index (χ1) is 11.2. The van der Waals surface area contributed by atoms with Crippen molar-refractivity contribution in [1.29, 1.82) is 0 Å². The topological polar surface area (TPSA) is 9.23 Å². The van der Waals surface area contributed by atoms with Crippen molar-refractivity contribution in [2.75, 3.05) is 0 Å². The quantitative estimate of drug-likeness (QED) is 0.493. The van der Waals surface area contributed by atoms with Crippen LogP contribution >= 0.6 is 20.1 Å². The van der Waals surface area contributed by atoms with E-state index in [4.69, 9.17) is 23.6 Å². The van der Waals surface area contributed by atoms with Crippen LogP contribution in [0.1, 0.15) is 0 Å². The van der Waals surface area contributed by atoms with E-state index in [9.17, 15) is 0 Å². The van der Waals surface area contributed by atoms with Gasteiger partial charge in [0, 0.05) is 0 Å². The minimum atomic E-state index is -2.69. The van der Waals surface area contributed by atoms with Crippen LogP contribution in [0, 0.1) is 0 Å². The summed E-state index contributed by atoms with van der Waals surface area (Å²) < 4.78 is 6.40. The molecule has 114 valence electrons. The molecule has 0 aromatic heterocycles. The van der Waals surface area contributed by atoms with Gasteiger partial charge >= 0.3 is 12.6 Å². The average Bonchev–Trinajstić information content (AvgIpc) is 2.62. The predicted molar refractivity (Wildman–Crippen MR) is 103 cm³/mol. The van der Waals surface area contributed by atoms with E-state index in [1.54, 1.807) is 0 Å². The Morgan fingerprint density at radius 3 is 1.13 bits per heavy atom. The average molecular weight is 373 g/mol. The highest BCUT2D eigenvalue weighted by atomic mass is 35.7. The summed E-state index contributed by atoms with van der Waals surface area (Å²) in [6, 6.07) is 30.9. The van der Waals surface area contributed by atoms with Crippen LogP contribution in [0.4, 0.5) is 0 Å². The molecule has 0 aliphatic heterocycles. The van der Waals surface area contributed by atoms with Gasteiger partial charge in [-0.05, 0) is 15.6 Å². The SMILES string of the molecule is [Cl][Al]([Cl])[O][Si](c1ccccc1)(c1ccccc1)c1ccccc1. The summed E-state index contributed by atoms with van der Waals surface area (Å²) in [6.07, 6.45) is 0. The Bertz CT molecular complexity index is 642. The highest BCUT2D eigenvalue weighted by Crippen LogP contribution is 2.14. The zero-order chi connectivity index (χ0) is 16.1. The molecule has 0 N–H and O–H groups in total. The van der Waals surface area contributed by atoms with Gasteiger partial charge in [-0.1, -0.05) is 91.0 Å². The molecule has 1 nitrogen and oxygen atoms in total. The molecule has 0 radical (unpaired) electrons. The highest BCUT2D eigenvalue weighted by Gasteiger charge is 2.44. The molecule has 0 bridgehead atoms. The fourth-order valence-corrected chi connectivity index (χ4v) is 10.9. The lowest BCUT2D eigenvalue weighted by Crippen LogP contribution is -2.70. The molecule has 0 amide bonds. The fourth-order valence-electron chi connectivity index (χ4n) is 2.86. The van der Waals surface area contributed by atoms with Gasteiger partial charge in [-0.3, -0.25) is 0 Å². The van der Waals surface area contributed by atoms with E-state index in [0.29, 0.717) is 0 Å². The first kappa shape index (κ1) is 16.8. The van der Waals surface area contributed by atoms with E-state index >= 15 is 0 Å². The third kappa shape index (κ3) is 3.56. The molecule has 0 fully saturated rings. The van der Waals surface area contributed by atoms with Gasteiger partial charge in [-0.2, -0.15) is 20.1 Å². The van der Waals surface area contributed by atoms with Crippen LogP contribution in [0.2, 0.25) is 0 Å². The summed E-state index contributed by atoms with van der Waals surface area (Å²) in [7, 11) is 9.77. The number of hydrogen-bond acceptors (Lipinski definition) is 1. The zero-order valence-electron chi connectivity index (χ0n) is 12.4. The summed E-state index contributed by atoms with van der Waals surface area (Å²) in [5, 5.41) is 3.45. The normalized spacial score (nSPS) is 11.2. The molecule has 0 aliphatic rings. The minimum absolute atomic E-state index is 1.15. The fraction of sp³-hybridized carbons (Fsp3) is 0. The number of halogens is 2. The van der Waals surface area contributed by atoms with Crippen LogP contribution in [-0.2, 0) is 3.48 Å². The minimum Gasteiger partial charge on any atom is -0.511 e. The standard InChI is InChI=1S/C18H15OSi.Al.2ClH/c19-20(16-10-4-1-5-11-16,17-12-6-2-7-13-17)18-14-8-3-9-15-18;;;/h1-15H;;2*1H/q-1;+3;;/p-2. The maximum atomic E-state index is 6.40. The Labute approximate surface area is 150 Å². The molecule has 3 aromatic rings. The van der Waals surface area contributed by atoms with Gasteiger partial charge in [0.25, 0.3) is 8.32 Å². The van der Waals surface area contributed by atoms with Crippen LogP contribution in [0.5, 0.6) is 0 Å². The molecule has 23 heavy (non-hydrogen) atoms. The smallest absolute Gasteiger partial charge is 0.511 e. The molecular weight excluding hydrogens is 358 g/mol. The second kappa shape index (κ2) is 7.68. The van der Waals surface area contributed by atoms with E-state index in [0.717, 1.165) is 15.6 Å². The molecule has 5 heteroatoms. The molecule has 3 aromatic carbocycles. The molecule has 0 spiro atoms. The van der Waals surface area contributed by atoms with Crippen molar-refractivity contribution in [3.8, 4) is 0 Å². The monoisotopic (exact) mass is 372 g/mol. The van der Waals surface area contributed by atoms with Crippen LogP contribution in [-0.4, -0.2) is 21.0 Å².